The van der Waals surface area contributed by atoms with Gasteiger partial charge in [0.15, 0.2) is 0 Å². The van der Waals surface area contributed by atoms with E-state index in [1.807, 2.05) is 23.4 Å². The smallest absolute Gasteiger partial charge is 0.0644 e. The molecular weight excluding hydrogens is 286 g/mol. The molecule has 2 N–H and O–H groups in total. The number of rotatable bonds is 7. The van der Waals surface area contributed by atoms with Crippen LogP contribution in [0.5, 0.6) is 0 Å². The number of aromatic nitrogens is 2. The van der Waals surface area contributed by atoms with Crippen molar-refractivity contribution in [1.29, 1.82) is 0 Å². The van der Waals surface area contributed by atoms with Gasteiger partial charge in [0.05, 0.1) is 18.8 Å². The van der Waals surface area contributed by atoms with Crippen LogP contribution in [0.3, 0.4) is 0 Å². The van der Waals surface area contributed by atoms with E-state index in [-0.39, 0.29) is 6.61 Å². The van der Waals surface area contributed by atoms with Crippen molar-refractivity contribution in [3.8, 4) is 0 Å². The summed E-state index contributed by atoms with van der Waals surface area (Å²) in [6, 6.07) is 0. The van der Waals surface area contributed by atoms with E-state index in [0.29, 0.717) is 11.3 Å². The molecule has 120 valence electrons. The quantitative estimate of drug-likeness (QED) is 0.799. The van der Waals surface area contributed by atoms with Crippen LogP contribution in [0.2, 0.25) is 0 Å². The molecule has 5 nitrogen and oxygen atoms in total. The van der Waals surface area contributed by atoms with Gasteiger partial charge in [-0.05, 0) is 32.9 Å². The van der Waals surface area contributed by atoms with E-state index in [1.165, 1.54) is 5.56 Å². The summed E-state index contributed by atoms with van der Waals surface area (Å²) in [5.74, 6) is 0. The van der Waals surface area contributed by atoms with E-state index in [2.05, 4.69) is 23.6 Å². The van der Waals surface area contributed by atoms with Gasteiger partial charge in [-0.25, -0.2) is 0 Å². The van der Waals surface area contributed by atoms with Gasteiger partial charge in [0.2, 0.25) is 0 Å². The minimum Gasteiger partial charge on any atom is -0.394 e. The van der Waals surface area contributed by atoms with Crippen LogP contribution in [0.1, 0.15) is 29.8 Å². The van der Waals surface area contributed by atoms with Gasteiger partial charge in [-0.2, -0.15) is 16.9 Å². The van der Waals surface area contributed by atoms with Gasteiger partial charge in [0.1, 0.15) is 0 Å². The third kappa shape index (κ3) is 4.00. The number of hydrogen-bond acceptors (Lipinski definition) is 5. The van der Waals surface area contributed by atoms with Gasteiger partial charge in [0, 0.05) is 42.3 Å². The first-order valence-electron chi connectivity index (χ1n) is 7.59. The van der Waals surface area contributed by atoms with Gasteiger partial charge >= 0.3 is 0 Å². The molecule has 1 aliphatic rings. The predicted octanol–water partition coefficient (Wildman–Crippen LogP) is 1.49. The lowest BCUT2D eigenvalue weighted by molar-refractivity contribution is 0.0772. The van der Waals surface area contributed by atoms with E-state index < -0.39 is 0 Å². The number of nitrogens with one attached hydrogen (secondary N) is 1. The van der Waals surface area contributed by atoms with E-state index in [4.69, 9.17) is 9.84 Å². The maximum Gasteiger partial charge on any atom is 0.0644 e. The number of aryl methyl sites for hydroxylation is 1. The number of ether oxygens (including phenoxy) is 1. The Bertz CT molecular complexity index is 456. The summed E-state index contributed by atoms with van der Waals surface area (Å²) in [5, 5.41) is 17.2. The lowest BCUT2D eigenvalue weighted by Gasteiger charge is -2.35. The summed E-state index contributed by atoms with van der Waals surface area (Å²) in [6.45, 7) is 8.39. The molecule has 0 unspecified atom stereocenters. The first kappa shape index (κ1) is 16.8. The van der Waals surface area contributed by atoms with Crippen molar-refractivity contribution in [2.75, 3.05) is 32.6 Å². The molecule has 21 heavy (non-hydrogen) atoms. The van der Waals surface area contributed by atoms with E-state index in [1.54, 1.807) is 0 Å². The molecule has 0 spiro atoms. The van der Waals surface area contributed by atoms with Crippen LogP contribution in [0.4, 0.5) is 0 Å². The zero-order chi connectivity index (χ0) is 15.3. The average molecular weight is 313 g/mol. The lowest BCUT2D eigenvalue weighted by atomic mass is 9.99. The second-order valence-electron chi connectivity index (χ2n) is 5.70. The largest absolute Gasteiger partial charge is 0.394 e. The molecule has 2 heterocycles. The van der Waals surface area contributed by atoms with Crippen LogP contribution < -0.4 is 5.32 Å². The topological polar surface area (TPSA) is 59.3 Å². The van der Waals surface area contributed by atoms with Gasteiger partial charge in [-0.15, -0.1) is 0 Å². The summed E-state index contributed by atoms with van der Waals surface area (Å²) in [5.41, 5.74) is 3.46. The Labute approximate surface area is 131 Å². The van der Waals surface area contributed by atoms with Crippen LogP contribution >= 0.6 is 11.8 Å². The molecular formula is C15H27N3O2S. The Morgan fingerprint density at radius 3 is 2.71 bits per heavy atom. The van der Waals surface area contributed by atoms with Crippen molar-refractivity contribution in [3.63, 3.8) is 0 Å². The molecule has 0 saturated carbocycles. The molecule has 1 aromatic heterocycles. The normalized spacial score (nSPS) is 18.1. The molecule has 1 fully saturated rings. The summed E-state index contributed by atoms with van der Waals surface area (Å²) in [6.07, 6.45) is 4.43. The fourth-order valence-electron chi connectivity index (χ4n) is 2.91. The third-order valence-corrected chi connectivity index (χ3v) is 5.85. The van der Waals surface area contributed by atoms with Crippen molar-refractivity contribution in [1.82, 2.24) is 15.1 Å². The molecule has 0 aromatic carbocycles. The van der Waals surface area contributed by atoms with Gasteiger partial charge in [-0.1, -0.05) is 0 Å². The first-order valence-corrected chi connectivity index (χ1v) is 8.82. The SMILES string of the molecule is CSC1(CNCc2c(C)nn(CCO)c2C)CCOCC1. The van der Waals surface area contributed by atoms with Gasteiger partial charge < -0.3 is 15.2 Å². The summed E-state index contributed by atoms with van der Waals surface area (Å²) in [4.78, 5) is 0. The maximum absolute atomic E-state index is 9.07. The van der Waals surface area contributed by atoms with E-state index >= 15 is 0 Å². The van der Waals surface area contributed by atoms with Crippen molar-refractivity contribution >= 4 is 11.8 Å². The highest BCUT2D eigenvalue weighted by Gasteiger charge is 2.31. The average Bonchev–Trinajstić information content (AvgIpc) is 2.76. The number of aliphatic hydroxyl groups excluding tert-OH is 1. The molecule has 6 heteroatoms. The van der Waals surface area contributed by atoms with E-state index in [0.717, 1.165) is 50.5 Å². The number of thioether (sulfide) groups is 1. The van der Waals surface area contributed by atoms with E-state index in [9.17, 15) is 0 Å². The van der Waals surface area contributed by atoms with Crippen LogP contribution in [0, 0.1) is 13.8 Å². The van der Waals surface area contributed by atoms with Gasteiger partial charge in [-0.3, -0.25) is 4.68 Å². The molecule has 0 radical (unpaired) electrons. The fourth-order valence-corrected chi connectivity index (χ4v) is 3.74. The highest BCUT2D eigenvalue weighted by molar-refractivity contribution is 8.00. The number of aliphatic hydroxyl groups is 1. The fraction of sp³-hybridized carbons (Fsp3) is 0.800. The predicted molar refractivity (Wildman–Crippen MR) is 86.8 cm³/mol. The van der Waals surface area contributed by atoms with Crippen molar-refractivity contribution < 1.29 is 9.84 Å². The van der Waals surface area contributed by atoms with Crippen LogP contribution in [-0.4, -0.2) is 52.3 Å². The van der Waals surface area contributed by atoms with Crippen LogP contribution in [-0.2, 0) is 17.8 Å². The van der Waals surface area contributed by atoms with Crippen molar-refractivity contribution in [3.05, 3.63) is 17.0 Å². The Hall–Kier alpha value is -0.560. The Morgan fingerprint density at radius 1 is 1.38 bits per heavy atom. The second kappa shape index (κ2) is 7.63. The maximum atomic E-state index is 9.07. The molecule has 1 saturated heterocycles. The standard InChI is InChI=1S/C15H27N3O2S/c1-12-14(13(2)18(17-12)6-7-19)10-16-11-15(21-3)4-8-20-9-5-15/h16,19H,4-11H2,1-3H3. The Balaban J connectivity index is 1.93. The minimum atomic E-state index is 0.129. The monoisotopic (exact) mass is 313 g/mol. The Kier molecular flexibility index (Phi) is 6.10. The highest BCUT2D eigenvalue weighted by Crippen LogP contribution is 2.33. The van der Waals surface area contributed by atoms with Crippen molar-refractivity contribution in [2.24, 2.45) is 0 Å². The molecule has 1 aliphatic heterocycles. The van der Waals surface area contributed by atoms with Crippen molar-refractivity contribution in [2.45, 2.75) is 44.5 Å². The third-order valence-electron chi connectivity index (χ3n) is 4.43. The van der Waals surface area contributed by atoms with Gasteiger partial charge in [0.25, 0.3) is 0 Å². The van der Waals surface area contributed by atoms with Crippen LogP contribution in [0.15, 0.2) is 0 Å². The van der Waals surface area contributed by atoms with Crippen LogP contribution in [0.25, 0.3) is 0 Å². The molecule has 0 bridgehead atoms. The first-order chi connectivity index (χ1) is 10.1. The number of nitrogens with zero attached hydrogens (tertiary/aromatic N) is 2. The highest BCUT2D eigenvalue weighted by atomic mass is 32.2. The molecule has 0 atom stereocenters. The zero-order valence-corrected chi connectivity index (χ0v) is 14.1. The second-order valence-corrected chi connectivity index (χ2v) is 6.97. The molecule has 1 aromatic rings. The molecule has 0 aliphatic carbocycles. The number of hydrogen-bond donors (Lipinski definition) is 2. The Morgan fingerprint density at radius 2 is 2.10 bits per heavy atom. The molecule has 2 rings (SSSR count). The molecule has 0 amide bonds. The summed E-state index contributed by atoms with van der Waals surface area (Å²) >= 11 is 1.95. The summed E-state index contributed by atoms with van der Waals surface area (Å²) in [7, 11) is 0. The zero-order valence-electron chi connectivity index (χ0n) is 13.3. The lowest BCUT2D eigenvalue weighted by Crippen LogP contribution is -2.42. The summed E-state index contributed by atoms with van der Waals surface area (Å²) < 4.78 is 7.68. The minimum absolute atomic E-state index is 0.129.